The number of rotatable bonds is 4. The average molecular weight is 288 g/mol. The molecule has 2 aromatic rings. The van der Waals surface area contributed by atoms with Crippen molar-refractivity contribution in [1.29, 1.82) is 0 Å². The maximum absolute atomic E-state index is 13.0. The van der Waals surface area contributed by atoms with Gasteiger partial charge in [-0.05, 0) is 29.8 Å². The fourth-order valence-corrected chi connectivity index (χ4v) is 1.69. The molecule has 108 valence electrons. The van der Waals surface area contributed by atoms with Crippen LogP contribution < -0.4 is 4.74 Å². The summed E-state index contributed by atoms with van der Waals surface area (Å²) >= 11 is 0. The molecule has 2 rings (SSSR count). The molecule has 4 heteroatoms. The van der Waals surface area contributed by atoms with Gasteiger partial charge in [-0.2, -0.15) is 0 Å². The first-order valence-corrected chi connectivity index (χ1v) is 6.45. The molecule has 0 aliphatic rings. The quantitative estimate of drug-likeness (QED) is 0.875. The normalized spacial score (nSPS) is 9.86. The van der Waals surface area contributed by atoms with Crippen LogP contribution in [0.4, 0.5) is 8.78 Å². The second kappa shape index (κ2) is 7.41. The van der Waals surface area contributed by atoms with E-state index in [1.807, 2.05) is 24.3 Å². The molecule has 1 N–H and O–H groups in total. The van der Waals surface area contributed by atoms with Crippen LogP contribution in [-0.4, -0.2) is 11.7 Å². The Morgan fingerprint density at radius 3 is 2.67 bits per heavy atom. The summed E-state index contributed by atoms with van der Waals surface area (Å²) in [5.74, 6) is 4.20. The molecular weight excluding hydrogens is 274 g/mol. The number of aliphatic hydroxyl groups is 1. The molecular formula is C17H14F2O2. The van der Waals surface area contributed by atoms with Gasteiger partial charge in [-0.15, -0.1) is 0 Å². The zero-order chi connectivity index (χ0) is 15.1. The van der Waals surface area contributed by atoms with Crippen LogP contribution in [0.2, 0.25) is 0 Å². The summed E-state index contributed by atoms with van der Waals surface area (Å²) in [6, 6.07) is 10.8. The minimum Gasteiger partial charge on any atom is -0.489 e. The first kappa shape index (κ1) is 15.0. The minimum atomic E-state index is -0.934. The highest BCUT2D eigenvalue weighted by molar-refractivity contribution is 5.37. The summed E-state index contributed by atoms with van der Waals surface area (Å²) < 4.78 is 31.3. The number of hydrogen-bond acceptors (Lipinski definition) is 2. The van der Waals surface area contributed by atoms with Gasteiger partial charge in [0.15, 0.2) is 11.6 Å². The van der Waals surface area contributed by atoms with Crippen LogP contribution in [0.1, 0.15) is 17.5 Å². The van der Waals surface area contributed by atoms with E-state index in [2.05, 4.69) is 11.8 Å². The Hall–Kier alpha value is -2.38. The predicted molar refractivity (Wildman–Crippen MR) is 75.7 cm³/mol. The number of ether oxygens (including phenoxy) is 1. The maximum Gasteiger partial charge on any atom is 0.162 e. The Kier molecular flexibility index (Phi) is 5.30. The number of aliphatic hydroxyl groups excluding tert-OH is 1. The van der Waals surface area contributed by atoms with Crippen LogP contribution >= 0.6 is 0 Å². The third kappa shape index (κ3) is 4.59. The van der Waals surface area contributed by atoms with Crippen molar-refractivity contribution in [1.82, 2.24) is 0 Å². The number of benzene rings is 2. The van der Waals surface area contributed by atoms with Crippen LogP contribution in [0, 0.1) is 23.5 Å². The summed E-state index contributed by atoms with van der Waals surface area (Å²) in [6.45, 7) is 0.270. The highest BCUT2D eigenvalue weighted by atomic mass is 19.2. The lowest BCUT2D eigenvalue weighted by molar-refractivity contribution is 0.303. The van der Waals surface area contributed by atoms with E-state index in [1.165, 1.54) is 6.07 Å². The van der Waals surface area contributed by atoms with Gasteiger partial charge in [0, 0.05) is 18.1 Å². The molecule has 0 spiro atoms. The molecule has 0 amide bonds. The molecule has 0 atom stereocenters. The molecule has 0 saturated carbocycles. The van der Waals surface area contributed by atoms with Gasteiger partial charge >= 0.3 is 0 Å². The van der Waals surface area contributed by atoms with Crippen molar-refractivity contribution in [3.05, 3.63) is 65.2 Å². The second-order valence-corrected chi connectivity index (χ2v) is 4.34. The molecule has 0 unspecified atom stereocenters. The third-order valence-electron chi connectivity index (χ3n) is 2.69. The van der Waals surface area contributed by atoms with Crippen molar-refractivity contribution in [3.63, 3.8) is 0 Å². The second-order valence-electron chi connectivity index (χ2n) is 4.34. The summed E-state index contributed by atoms with van der Waals surface area (Å²) in [4.78, 5) is 0. The van der Waals surface area contributed by atoms with Crippen LogP contribution in [-0.2, 0) is 6.61 Å². The lowest BCUT2D eigenvalue weighted by atomic mass is 10.1. The van der Waals surface area contributed by atoms with E-state index in [4.69, 9.17) is 9.84 Å². The van der Waals surface area contributed by atoms with Crippen molar-refractivity contribution < 1.29 is 18.6 Å². The van der Waals surface area contributed by atoms with Crippen molar-refractivity contribution in [2.75, 3.05) is 6.61 Å². The summed E-state index contributed by atoms with van der Waals surface area (Å²) in [5, 5.41) is 8.67. The molecule has 2 nitrogen and oxygen atoms in total. The van der Waals surface area contributed by atoms with Gasteiger partial charge in [-0.25, -0.2) is 8.78 Å². The van der Waals surface area contributed by atoms with Gasteiger partial charge in [0.1, 0.15) is 12.4 Å². The standard InChI is InChI=1S/C17H14F2O2/c18-16-8-7-15(11-17(16)19)21-12-14-6-3-5-13(10-14)4-1-2-9-20/h3,5-8,10-11,20H,2,9,12H2. The molecule has 0 bridgehead atoms. The Balaban J connectivity index is 2.01. The van der Waals surface area contributed by atoms with E-state index in [0.29, 0.717) is 6.42 Å². The van der Waals surface area contributed by atoms with Gasteiger partial charge < -0.3 is 9.84 Å². The molecule has 0 aliphatic heterocycles. The van der Waals surface area contributed by atoms with Crippen LogP contribution in [0.15, 0.2) is 42.5 Å². The van der Waals surface area contributed by atoms with Gasteiger partial charge in [0.05, 0.1) is 6.61 Å². The van der Waals surface area contributed by atoms with Gasteiger partial charge in [0.2, 0.25) is 0 Å². The molecule has 2 aromatic carbocycles. The molecule has 0 aromatic heterocycles. The van der Waals surface area contributed by atoms with E-state index < -0.39 is 11.6 Å². The fraction of sp³-hybridized carbons (Fsp3) is 0.176. The largest absolute Gasteiger partial charge is 0.489 e. The van der Waals surface area contributed by atoms with Crippen molar-refractivity contribution in [2.45, 2.75) is 13.0 Å². The third-order valence-corrected chi connectivity index (χ3v) is 2.69. The zero-order valence-corrected chi connectivity index (χ0v) is 11.3. The Morgan fingerprint density at radius 2 is 1.90 bits per heavy atom. The first-order chi connectivity index (χ1) is 10.2. The fourth-order valence-electron chi connectivity index (χ4n) is 1.69. The molecule has 0 fully saturated rings. The molecule has 0 saturated heterocycles. The van der Waals surface area contributed by atoms with E-state index in [-0.39, 0.29) is 19.0 Å². The van der Waals surface area contributed by atoms with Gasteiger partial charge in [0.25, 0.3) is 0 Å². The smallest absolute Gasteiger partial charge is 0.162 e. The van der Waals surface area contributed by atoms with Crippen molar-refractivity contribution >= 4 is 0 Å². The Morgan fingerprint density at radius 1 is 1.05 bits per heavy atom. The van der Waals surface area contributed by atoms with Crippen molar-refractivity contribution in [3.8, 4) is 17.6 Å². The van der Waals surface area contributed by atoms with E-state index >= 15 is 0 Å². The average Bonchev–Trinajstić information content (AvgIpc) is 2.49. The Bertz CT molecular complexity index is 672. The number of hydrogen-bond donors (Lipinski definition) is 1. The SMILES string of the molecule is OCCC#Cc1cccc(COc2ccc(F)c(F)c2)c1. The summed E-state index contributed by atoms with van der Waals surface area (Å²) in [5.41, 5.74) is 1.69. The predicted octanol–water partition coefficient (Wildman–Crippen LogP) is 3.28. The first-order valence-electron chi connectivity index (χ1n) is 6.45. The maximum atomic E-state index is 13.0. The molecule has 21 heavy (non-hydrogen) atoms. The van der Waals surface area contributed by atoms with Crippen LogP contribution in [0.5, 0.6) is 5.75 Å². The van der Waals surface area contributed by atoms with E-state index in [1.54, 1.807) is 0 Å². The highest BCUT2D eigenvalue weighted by Gasteiger charge is 2.03. The zero-order valence-electron chi connectivity index (χ0n) is 11.3. The monoisotopic (exact) mass is 288 g/mol. The molecule has 0 heterocycles. The summed E-state index contributed by atoms with van der Waals surface area (Å²) in [6.07, 6.45) is 0.426. The van der Waals surface area contributed by atoms with E-state index in [9.17, 15) is 8.78 Å². The summed E-state index contributed by atoms with van der Waals surface area (Å²) in [7, 11) is 0. The highest BCUT2D eigenvalue weighted by Crippen LogP contribution is 2.17. The number of halogens is 2. The van der Waals surface area contributed by atoms with Crippen LogP contribution in [0.25, 0.3) is 0 Å². The lowest BCUT2D eigenvalue weighted by Gasteiger charge is -2.07. The van der Waals surface area contributed by atoms with Crippen LogP contribution in [0.3, 0.4) is 0 Å². The molecule has 0 aliphatic carbocycles. The van der Waals surface area contributed by atoms with Crippen molar-refractivity contribution in [2.24, 2.45) is 0 Å². The van der Waals surface area contributed by atoms with Gasteiger partial charge in [-0.1, -0.05) is 24.0 Å². The minimum absolute atomic E-state index is 0.0337. The molecule has 0 radical (unpaired) electrons. The van der Waals surface area contributed by atoms with E-state index in [0.717, 1.165) is 23.3 Å². The topological polar surface area (TPSA) is 29.5 Å². The Labute approximate surface area is 122 Å². The van der Waals surface area contributed by atoms with Gasteiger partial charge in [-0.3, -0.25) is 0 Å². The lowest BCUT2D eigenvalue weighted by Crippen LogP contribution is -1.97.